The molecular weight excluding hydrogens is 402 g/mol. The van der Waals surface area contributed by atoms with Gasteiger partial charge < -0.3 is 5.11 Å². The van der Waals surface area contributed by atoms with Gasteiger partial charge in [0.15, 0.2) is 5.78 Å². The van der Waals surface area contributed by atoms with Crippen molar-refractivity contribution >= 4 is 29.0 Å². The summed E-state index contributed by atoms with van der Waals surface area (Å²) in [5.41, 5.74) is 0.992. The van der Waals surface area contributed by atoms with Crippen molar-refractivity contribution in [3.8, 4) is 6.07 Å². The van der Waals surface area contributed by atoms with E-state index in [1.54, 1.807) is 85.1 Å². The number of carbonyl (C=O) groups is 1. The first-order valence-electron chi connectivity index (χ1n) is 9.77. The van der Waals surface area contributed by atoms with Gasteiger partial charge in [-0.25, -0.2) is 0 Å². The van der Waals surface area contributed by atoms with E-state index in [-0.39, 0.29) is 22.6 Å². The molecule has 0 saturated carbocycles. The number of rotatable bonds is 5. The van der Waals surface area contributed by atoms with Crippen molar-refractivity contribution < 1.29 is 9.90 Å². The lowest BCUT2D eigenvalue weighted by molar-refractivity contribution is 0.104. The molecule has 0 unspecified atom stereocenters. The van der Waals surface area contributed by atoms with Crippen molar-refractivity contribution in [1.29, 1.82) is 5.26 Å². The summed E-state index contributed by atoms with van der Waals surface area (Å²) in [4.78, 5) is 30.2. The lowest BCUT2D eigenvalue weighted by Gasteiger charge is -2.08. The smallest absolute Gasteiger partial charge is 0.281 e. The number of ketones is 1. The van der Waals surface area contributed by atoms with Crippen LogP contribution in [0.4, 0.5) is 5.69 Å². The van der Waals surface area contributed by atoms with E-state index >= 15 is 0 Å². The Labute approximate surface area is 183 Å². The highest BCUT2D eigenvalue weighted by Crippen LogP contribution is 2.20. The standard InChI is InChI=1S/C26H17N3O3/c27-16-20-15-22(26(32)29-14-8-7-13-23(20)29)28-17-21(24(30)18-9-3-1-4-10-18)25(31)19-11-5-2-6-12-19/h1-15,17,30H/b24-21-,28-17?. The van der Waals surface area contributed by atoms with Crippen LogP contribution < -0.4 is 5.56 Å². The van der Waals surface area contributed by atoms with Crippen LogP contribution in [0.15, 0.2) is 106 Å². The Kier molecular flexibility index (Phi) is 5.73. The van der Waals surface area contributed by atoms with Gasteiger partial charge in [-0.1, -0.05) is 66.7 Å². The quantitative estimate of drug-likeness (QED) is 0.219. The molecule has 0 bridgehead atoms. The van der Waals surface area contributed by atoms with Crippen LogP contribution in [0.5, 0.6) is 0 Å². The Bertz CT molecular complexity index is 1460. The number of nitrogens with zero attached hydrogens (tertiary/aromatic N) is 3. The highest BCUT2D eigenvalue weighted by Gasteiger charge is 2.17. The molecule has 6 nitrogen and oxygen atoms in total. The molecule has 0 spiro atoms. The van der Waals surface area contributed by atoms with Crippen LogP contribution in [0.3, 0.4) is 0 Å². The van der Waals surface area contributed by atoms with Gasteiger partial charge in [0.1, 0.15) is 17.5 Å². The number of aromatic nitrogens is 1. The second kappa shape index (κ2) is 8.94. The zero-order valence-corrected chi connectivity index (χ0v) is 16.8. The van der Waals surface area contributed by atoms with Gasteiger partial charge in [0.05, 0.1) is 16.7 Å². The van der Waals surface area contributed by atoms with E-state index in [1.165, 1.54) is 16.7 Å². The largest absolute Gasteiger partial charge is 0.506 e. The van der Waals surface area contributed by atoms with Crippen LogP contribution in [-0.2, 0) is 0 Å². The number of aliphatic hydroxyl groups is 1. The number of aliphatic hydroxyl groups excluding tert-OH is 1. The third-order valence-electron chi connectivity index (χ3n) is 4.89. The van der Waals surface area contributed by atoms with E-state index in [1.807, 2.05) is 0 Å². The van der Waals surface area contributed by atoms with Crippen molar-refractivity contribution in [2.75, 3.05) is 0 Å². The van der Waals surface area contributed by atoms with Crippen molar-refractivity contribution in [2.45, 2.75) is 0 Å². The van der Waals surface area contributed by atoms with Crippen molar-refractivity contribution in [3.63, 3.8) is 0 Å². The highest BCUT2D eigenvalue weighted by atomic mass is 16.3. The van der Waals surface area contributed by atoms with Gasteiger partial charge >= 0.3 is 0 Å². The number of fused-ring (bicyclic) bond motifs is 1. The Balaban J connectivity index is 1.87. The molecule has 2 aromatic carbocycles. The molecular formula is C26H17N3O3. The Hall–Kier alpha value is -4.76. The molecule has 0 fully saturated rings. The molecule has 0 atom stereocenters. The zero-order valence-electron chi connectivity index (χ0n) is 16.8. The number of hydrogen-bond donors (Lipinski definition) is 1. The number of hydrogen-bond acceptors (Lipinski definition) is 5. The summed E-state index contributed by atoms with van der Waals surface area (Å²) in [6, 6.07) is 25.6. The fourth-order valence-corrected chi connectivity index (χ4v) is 3.28. The average Bonchev–Trinajstić information content (AvgIpc) is 2.86. The van der Waals surface area contributed by atoms with Crippen LogP contribution in [0.25, 0.3) is 11.3 Å². The number of benzene rings is 2. The lowest BCUT2D eigenvalue weighted by atomic mass is 10.00. The Morgan fingerprint density at radius 1 is 0.938 bits per heavy atom. The summed E-state index contributed by atoms with van der Waals surface area (Å²) in [7, 11) is 0. The number of allylic oxidation sites excluding steroid dienone is 1. The minimum atomic E-state index is -0.447. The number of nitriles is 1. The van der Waals surface area contributed by atoms with Crippen LogP contribution in [0.1, 0.15) is 21.5 Å². The van der Waals surface area contributed by atoms with Gasteiger partial charge in [-0.3, -0.25) is 19.0 Å². The normalized spacial score (nSPS) is 11.8. The molecule has 0 amide bonds. The van der Waals surface area contributed by atoms with Crippen LogP contribution in [-0.4, -0.2) is 21.5 Å². The Morgan fingerprint density at radius 3 is 2.22 bits per heavy atom. The maximum atomic E-state index is 13.2. The Morgan fingerprint density at radius 2 is 1.56 bits per heavy atom. The number of pyridine rings is 2. The summed E-state index contributed by atoms with van der Waals surface area (Å²) >= 11 is 0. The van der Waals surface area contributed by atoms with E-state index < -0.39 is 11.3 Å². The van der Waals surface area contributed by atoms with Gasteiger partial charge in [0.2, 0.25) is 0 Å². The highest BCUT2D eigenvalue weighted by molar-refractivity contribution is 6.25. The second-order valence-corrected chi connectivity index (χ2v) is 6.90. The second-order valence-electron chi connectivity index (χ2n) is 6.90. The van der Waals surface area contributed by atoms with E-state index in [9.17, 15) is 20.0 Å². The molecule has 6 heteroatoms. The molecule has 2 aromatic heterocycles. The molecule has 0 aliphatic heterocycles. The molecule has 0 saturated heterocycles. The molecule has 4 aromatic rings. The molecule has 4 rings (SSSR count). The molecule has 0 aliphatic carbocycles. The van der Waals surface area contributed by atoms with E-state index in [0.29, 0.717) is 16.6 Å². The first-order valence-corrected chi connectivity index (χ1v) is 9.77. The summed E-state index contributed by atoms with van der Waals surface area (Å²) in [5.74, 6) is -0.707. The van der Waals surface area contributed by atoms with Gasteiger partial charge in [-0.15, -0.1) is 0 Å². The third-order valence-corrected chi connectivity index (χ3v) is 4.89. The minimum Gasteiger partial charge on any atom is -0.506 e. The lowest BCUT2D eigenvalue weighted by Crippen LogP contribution is -2.14. The molecule has 0 radical (unpaired) electrons. The third kappa shape index (κ3) is 3.95. The predicted octanol–water partition coefficient (Wildman–Crippen LogP) is 4.73. The predicted molar refractivity (Wildman–Crippen MR) is 123 cm³/mol. The van der Waals surface area contributed by atoms with Crippen molar-refractivity contribution in [3.05, 3.63) is 124 Å². The van der Waals surface area contributed by atoms with Gasteiger partial charge in [-0.05, 0) is 18.2 Å². The van der Waals surface area contributed by atoms with E-state index in [2.05, 4.69) is 11.1 Å². The fraction of sp³-hybridized carbons (Fsp3) is 0. The maximum Gasteiger partial charge on any atom is 0.281 e. The first-order chi connectivity index (χ1) is 15.6. The molecule has 0 aliphatic rings. The SMILES string of the molecule is N#Cc1cc(N=C/C(C(=O)c2ccccc2)=C(/O)c2ccccc2)c(=O)n2ccccc12. The van der Waals surface area contributed by atoms with Crippen molar-refractivity contribution in [2.24, 2.45) is 4.99 Å². The fourth-order valence-electron chi connectivity index (χ4n) is 3.28. The monoisotopic (exact) mass is 419 g/mol. The molecule has 154 valence electrons. The number of carbonyl (C=O) groups excluding carboxylic acids is 1. The molecule has 1 N–H and O–H groups in total. The number of Topliss-reactive ketones (excluding diaryl/α,β-unsaturated/α-hetero) is 1. The van der Waals surface area contributed by atoms with Crippen LogP contribution >= 0.6 is 0 Å². The van der Waals surface area contributed by atoms with Crippen LogP contribution in [0.2, 0.25) is 0 Å². The first kappa shape index (κ1) is 20.5. The average molecular weight is 419 g/mol. The summed E-state index contributed by atoms with van der Waals surface area (Å²) in [6.07, 6.45) is 2.72. The topological polar surface area (TPSA) is 94.9 Å². The number of aliphatic imine (C=N–C) groups is 1. The molecule has 32 heavy (non-hydrogen) atoms. The van der Waals surface area contributed by atoms with Gasteiger partial charge in [-0.2, -0.15) is 5.26 Å². The van der Waals surface area contributed by atoms with E-state index in [4.69, 9.17) is 0 Å². The zero-order chi connectivity index (χ0) is 22.5. The summed E-state index contributed by atoms with van der Waals surface area (Å²) < 4.78 is 1.32. The maximum absolute atomic E-state index is 13.2. The van der Waals surface area contributed by atoms with Gasteiger partial charge in [0, 0.05) is 23.5 Å². The summed E-state index contributed by atoms with van der Waals surface area (Å²) in [5, 5.41) is 20.3. The van der Waals surface area contributed by atoms with E-state index in [0.717, 1.165) is 0 Å². The summed E-state index contributed by atoms with van der Waals surface area (Å²) in [6.45, 7) is 0. The van der Waals surface area contributed by atoms with Crippen molar-refractivity contribution in [1.82, 2.24) is 4.40 Å². The minimum absolute atomic E-state index is 0.0236. The molecule has 2 heterocycles. The van der Waals surface area contributed by atoms with Crippen LogP contribution in [0, 0.1) is 11.3 Å². The van der Waals surface area contributed by atoms with Gasteiger partial charge in [0.25, 0.3) is 5.56 Å².